The van der Waals surface area contributed by atoms with Gasteiger partial charge in [0.15, 0.2) is 0 Å². The Hall–Kier alpha value is -2.70. The Labute approximate surface area is 149 Å². The Balaban J connectivity index is 1.97. The summed E-state index contributed by atoms with van der Waals surface area (Å²) in [6.45, 7) is 1.51. The number of alkyl halides is 3. The summed E-state index contributed by atoms with van der Waals surface area (Å²) in [5, 5.41) is 2.63. The molecule has 0 aliphatic carbocycles. The largest absolute Gasteiger partial charge is 0.496 e. The third-order valence-corrected chi connectivity index (χ3v) is 4.37. The monoisotopic (exact) mass is 364 g/mol. The van der Waals surface area contributed by atoms with E-state index in [-0.39, 0.29) is 11.3 Å². The van der Waals surface area contributed by atoms with Gasteiger partial charge >= 0.3 is 6.18 Å². The molecule has 2 aromatic rings. The number of anilines is 2. The Morgan fingerprint density at radius 1 is 1.12 bits per heavy atom. The van der Waals surface area contributed by atoms with Crippen molar-refractivity contribution in [2.24, 2.45) is 0 Å². The molecule has 1 saturated heterocycles. The summed E-state index contributed by atoms with van der Waals surface area (Å²) < 4.78 is 44.5. The lowest BCUT2D eigenvalue weighted by molar-refractivity contribution is -0.137. The molecule has 2 aromatic carbocycles. The molecule has 4 nitrogen and oxygen atoms in total. The summed E-state index contributed by atoms with van der Waals surface area (Å²) in [4.78, 5) is 14.6. The third-order valence-electron chi connectivity index (χ3n) is 4.37. The molecule has 0 aromatic heterocycles. The predicted molar refractivity (Wildman–Crippen MR) is 93.8 cm³/mol. The highest BCUT2D eigenvalue weighted by atomic mass is 19.4. The summed E-state index contributed by atoms with van der Waals surface area (Å²) in [6, 6.07) is 10.0. The number of hydrogen-bond acceptors (Lipinski definition) is 3. The minimum Gasteiger partial charge on any atom is -0.496 e. The molecule has 1 fully saturated rings. The second-order valence-electron chi connectivity index (χ2n) is 6.08. The number of para-hydroxylation sites is 1. The number of ether oxygens (including phenoxy) is 1. The second-order valence-corrected chi connectivity index (χ2v) is 6.08. The number of hydrogen-bond donors (Lipinski definition) is 1. The molecule has 0 spiro atoms. The molecule has 1 amide bonds. The minimum atomic E-state index is -4.48. The lowest BCUT2D eigenvalue weighted by atomic mass is 10.1. The fraction of sp³-hybridized carbons (Fsp3) is 0.316. The van der Waals surface area contributed by atoms with Crippen molar-refractivity contribution in [3.05, 3.63) is 53.6 Å². The zero-order chi connectivity index (χ0) is 18.7. The van der Waals surface area contributed by atoms with Gasteiger partial charge in [-0.25, -0.2) is 0 Å². The SMILES string of the molecule is COc1ccccc1C(=O)Nc1cc(C(F)(F)F)ccc1N1CCCC1. The van der Waals surface area contributed by atoms with Crippen molar-refractivity contribution in [2.45, 2.75) is 19.0 Å². The highest BCUT2D eigenvalue weighted by molar-refractivity contribution is 6.07. The average molecular weight is 364 g/mol. The number of methoxy groups -OCH3 is 1. The number of nitrogens with zero attached hydrogens (tertiary/aromatic N) is 1. The van der Waals surface area contributed by atoms with E-state index >= 15 is 0 Å². The smallest absolute Gasteiger partial charge is 0.416 e. The van der Waals surface area contributed by atoms with Crippen LogP contribution < -0.4 is 15.0 Å². The Kier molecular flexibility index (Phi) is 5.06. The topological polar surface area (TPSA) is 41.6 Å². The van der Waals surface area contributed by atoms with Gasteiger partial charge in [0.05, 0.1) is 29.6 Å². The van der Waals surface area contributed by atoms with Gasteiger partial charge in [0, 0.05) is 13.1 Å². The first-order valence-electron chi connectivity index (χ1n) is 8.30. The van der Waals surface area contributed by atoms with E-state index in [1.807, 2.05) is 4.90 Å². The molecule has 3 rings (SSSR count). The number of carbonyl (C=O) groups is 1. The summed E-state index contributed by atoms with van der Waals surface area (Å²) in [7, 11) is 1.44. The minimum absolute atomic E-state index is 0.151. The lowest BCUT2D eigenvalue weighted by Gasteiger charge is -2.23. The van der Waals surface area contributed by atoms with E-state index < -0.39 is 17.6 Å². The second kappa shape index (κ2) is 7.27. The van der Waals surface area contributed by atoms with Crippen LogP contribution in [0.2, 0.25) is 0 Å². The molecule has 1 aliphatic heterocycles. The van der Waals surface area contributed by atoms with Gasteiger partial charge in [0.25, 0.3) is 5.91 Å². The maximum Gasteiger partial charge on any atom is 0.416 e. The van der Waals surface area contributed by atoms with Gasteiger partial charge < -0.3 is 15.0 Å². The average Bonchev–Trinajstić information content (AvgIpc) is 3.15. The van der Waals surface area contributed by atoms with Gasteiger partial charge in [-0.1, -0.05) is 12.1 Å². The van der Waals surface area contributed by atoms with Crippen LogP contribution >= 0.6 is 0 Å². The molecule has 1 aliphatic rings. The maximum atomic E-state index is 13.1. The Morgan fingerprint density at radius 2 is 1.81 bits per heavy atom. The van der Waals surface area contributed by atoms with Crippen molar-refractivity contribution in [2.75, 3.05) is 30.4 Å². The van der Waals surface area contributed by atoms with Gasteiger partial charge in [0.1, 0.15) is 5.75 Å². The van der Waals surface area contributed by atoms with E-state index in [0.29, 0.717) is 11.4 Å². The highest BCUT2D eigenvalue weighted by Gasteiger charge is 2.32. The molecular formula is C19H19F3N2O2. The fourth-order valence-corrected chi connectivity index (χ4v) is 3.07. The van der Waals surface area contributed by atoms with E-state index in [1.54, 1.807) is 24.3 Å². The predicted octanol–water partition coefficient (Wildman–Crippen LogP) is 4.57. The van der Waals surface area contributed by atoms with Crippen molar-refractivity contribution < 1.29 is 22.7 Å². The normalized spacial score (nSPS) is 14.4. The van der Waals surface area contributed by atoms with Gasteiger partial charge in [-0.15, -0.1) is 0 Å². The number of nitrogens with one attached hydrogen (secondary N) is 1. The number of benzene rings is 2. The van der Waals surface area contributed by atoms with Crippen molar-refractivity contribution in [1.82, 2.24) is 0 Å². The molecule has 0 radical (unpaired) electrons. The molecule has 0 saturated carbocycles. The molecule has 0 unspecified atom stereocenters. The summed E-state index contributed by atoms with van der Waals surface area (Å²) in [5.41, 5.74) is 0.215. The molecule has 1 N–H and O–H groups in total. The van der Waals surface area contributed by atoms with Crippen LogP contribution in [0.5, 0.6) is 5.75 Å². The first kappa shape index (κ1) is 18.1. The van der Waals surface area contributed by atoms with Gasteiger partial charge in [-0.05, 0) is 43.2 Å². The third kappa shape index (κ3) is 3.76. The van der Waals surface area contributed by atoms with Gasteiger partial charge in [-0.3, -0.25) is 4.79 Å². The van der Waals surface area contributed by atoms with E-state index in [4.69, 9.17) is 4.74 Å². The van der Waals surface area contributed by atoms with E-state index in [9.17, 15) is 18.0 Å². The molecule has 138 valence electrons. The van der Waals surface area contributed by atoms with Crippen LogP contribution in [-0.4, -0.2) is 26.1 Å². The van der Waals surface area contributed by atoms with Crippen LogP contribution in [0.1, 0.15) is 28.8 Å². The molecule has 1 heterocycles. The van der Waals surface area contributed by atoms with Crippen LogP contribution in [0.15, 0.2) is 42.5 Å². The Bertz CT molecular complexity index is 800. The number of amides is 1. The molecular weight excluding hydrogens is 345 g/mol. The van der Waals surface area contributed by atoms with Crippen molar-refractivity contribution >= 4 is 17.3 Å². The standard InChI is InChI=1S/C19H19F3N2O2/c1-26-17-7-3-2-6-14(17)18(25)23-15-12-13(19(20,21)22)8-9-16(15)24-10-4-5-11-24/h2-3,6-9,12H,4-5,10-11H2,1H3,(H,23,25). The number of rotatable bonds is 4. The molecule has 7 heteroatoms. The zero-order valence-electron chi connectivity index (χ0n) is 14.3. The first-order chi connectivity index (χ1) is 12.4. The maximum absolute atomic E-state index is 13.1. The number of halogens is 3. The quantitative estimate of drug-likeness (QED) is 0.864. The van der Waals surface area contributed by atoms with Gasteiger partial charge in [0.2, 0.25) is 0 Å². The summed E-state index contributed by atoms with van der Waals surface area (Å²) >= 11 is 0. The van der Waals surface area contributed by atoms with Crippen LogP contribution in [-0.2, 0) is 6.18 Å². The summed E-state index contributed by atoms with van der Waals surface area (Å²) in [5.74, 6) is -0.151. The molecule has 0 bridgehead atoms. The van der Waals surface area contributed by atoms with E-state index in [0.717, 1.165) is 38.1 Å². The summed E-state index contributed by atoms with van der Waals surface area (Å²) in [6.07, 6.45) is -2.53. The zero-order valence-corrected chi connectivity index (χ0v) is 14.3. The Morgan fingerprint density at radius 3 is 2.46 bits per heavy atom. The van der Waals surface area contributed by atoms with Gasteiger partial charge in [-0.2, -0.15) is 13.2 Å². The van der Waals surface area contributed by atoms with Crippen LogP contribution in [0, 0.1) is 0 Å². The van der Waals surface area contributed by atoms with E-state index in [1.165, 1.54) is 13.2 Å². The van der Waals surface area contributed by atoms with Crippen LogP contribution in [0.25, 0.3) is 0 Å². The van der Waals surface area contributed by atoms with Crippen molar-refractivity contribution in [3.63, 3.8) is 0 Å². The van der Waals surface area contributed by atoms with Crippen molar-refractivity contribution in [3.8, 4) is 5.75 Å². The first-order valence-corrected chi connectivity index (χ1v) is 8.30. The highest BCUT2D eigenvalue weighted by Crippen LogP contribution is 2.37. The van der Waals surface area contributed by atoms with Crippen LogP contribution in [0.3, 0.4) is 0 Å². The van der Waals surface area contributed by atoms with Crippen LogP contribution in [0.4, 0.5) is 24.5 Å². The van der Waals surface area contributed by atoms with Crippen molar-refractivity contribution in [1.29, 1.82) is 0 Å². The lowest BCUT2D eigenvalue weighted by Crippen LogP contribution is -2.22. The van der Waals surface area contributed by atoms with E-state index in [2.05, 4.69) is 5.32 Å². The molecule has 0 atom stereocenters. The molecule has 26 heavy (non-hydrogen) atoms. The fourth-order valence-electron chi connectivity index (χ4n) is 3.07. The number of carbonyl (C=O) groups excluding carboxylic acids is 1.